The highest BCUT2D eigenvalue weighted by Crippen LogP contribution is 2.27. The fourth-order valence-electron chi connectivity index (χ4n) is 2.75. The summed E-state index contributed by atoms with van der Waals surface area (Å²) in [4.78, 5) is 30.8. The number of alkyl halides is 1. The van der Waals surface area contributed by atoms with Gasteiger partial charge >= 0.3 is 0 Å². The van der Waals surface area contributed by atoms with E-state index >= 15 is 0 Å². The Morgan fingerprint density at radius 3 is 2.57 bits per heavy atom. The Bertz CT molecular complexity index is 1120. The number of nitrogens with zero attached hydrogens (tertiary/aromatic N) is 1. The minimum Gasteiger partial charge on any atom is -0.491 e. The summed E-state index contributed by atoms with van der Waals surface area (Å²) in [6, 6.07) is 7.35. The van der Waals surface area contributed by atoms with Crippen LogP contribution in [0, 0.1) is 11.6 Å². The van der Waals surface area contributed by atoms with E-state index in [1.54, 1.807) is 0 Å². The number of ether oxygens (including phenoxy) is 2. The van der Waals surface area contributed by atoms with Gasteiger partial charge in [-0.15, -0.1) is 0 Å². The van der Waals surface area contributed by atoms with Gasteiger partial charge in [-0.2, -0.15) is 0 Å². The van der Waals surface area contributed by atoms with E-state index in [2.05, 4.69) is 20.0 Å². The van der Waals surface area contributed by atoms with Crippen LogP contribution in [0.2, 0.25) is 0 Å². The lowest BCUT2D eigenvalue weighted by Gasteiger charge is -2.20. The zero-order chi connectivity index (χ0) is 21.7. The first-order valence-electron chi connectivity index (χ1n) is 8.61. The van der Waals surface area contributed by atoms with E-state index in [-0.39, 0.29) is 28.5 Å². The summed E-state index contributed by atoms with van der Waals surface area (Å²) in [5.74, 6) is -2.75. The van der Waals surface area contributed by atoms with Gasteiger partial charge in [0.15, 0.2) is 17.3 Å². The number of aromatic nitrogens is 2. The summed E-state index contributed by atoms with van der Waals surface area (Å²) >= 11 is 0. The molecule has 1 aromatic carbocycles. The standard InChI is InChI=1S/C20H16F3N3O4/c1-29-16-7-5-14(25-20(16)28)19(27)26-17(18-12(22)3-2-8-24-18)11-4-6-15(30-10-21)13(23)9-11/h2-9,17H,10H2,1H3,(H,25,28)(H,26,27)/t17-/m0/s1. The third-order valence-corrected chi connectivity index (χ3v) is 4.17. The molecule has 2 aromatic heterocycles. The molecular weight excluding hydrogens is 403 g/mol. The first kappa shape index (κ1) is 20.9. The minimum absolute atomic E-state index is 0.00407. The molecule has 30 heavy (non-hydrogen) atoms. The predicted octanol–water partition coefficient (Wildman–Crippen LogP) is 2.88. The van der Waals surface area contributed by atoms with E-state index in [4.69, 9.17) is 4.74 Å². The molecule has 2 N–H and O–H groups in total. The Morgan fingerprint density at radius 1 is 1.17 bits per heavy atom. The number of amides is 1. The van der Waals surface area contributed by atoms with Crippen molar-refractivity contribution >= 4 is 5.91 Å². The fourth-order valence-corrected chi connectivity index (χ4v) is 2.75. The number of carbonyl (C=O) groups excluding carboxylic acids is 1. The van der Waals surface area contributed by atoms with Crippen LogP contribution in [0.5, 0.6) is 11.5 Å². The smallest absolute Gasteiger partial charge is 0.290 e. The number of carbonyl (C=O) groups is 1. The summed E-state index contributed by atoms with van der Waals surface area (Å²) < 4.78 is 50.3. The maximum atomic E-state index is 14.4. The van der Waals surface area contributed by atoms with Crippen LogP contribution in [0.3, 0.4) is 0 Å². The van der Waals surface area contributed by atoms with Crippen LogP contribution in [-0.2, 0) is 0 Å². The third-order valence-electron chi connectivity index (χ3n) is 4.17. The second kappa shape index (κ2) is 9.12. The summed E-state index contributed by atoms with van der Waals surface area (Å²) in [6.07, 6.45) is 1.31. The monoisotopic (exact) mass is 419 g/mol. The predicted molar refractivity (Wildman–Crippen MR) is 100 cm³/mol. The number of rotatable bonds is 7. The topological polar surface area (TPSA) is 93.3 Å². The molecule has 0 aliphatic carbocycles. The minimum atomic E-state index is -1.23. The molecule has 156 valence electrons. The van der Waals surface area contributed by atoms with Crippen LogP contribution < -0.4 is 20.3 Å². The van der Waals surface area contributed by atoms with Crippen LogP contribution in [0.25, 0.3) is 0 Å². The van der Waals surface area contributed by atoms with Crippen molar-refractivity contribution in [1.29, 1.82) is 0 Å². The van der Waals surface area contributed by atoms with Crippen molar-refractivity contribution in [3.05, 3.63) is 87.6 Å². The highest BCUT2D eigenvalue weighted by atomic mass is 19.1. The van der Waals surface area contributed by atoms with Gasteiger partial charge in [0.1, 0.15) is 17.2 Å². The number of H-pyrrole nitrogens is 1. The van der Waals surface area contributed by atoms with Crippen molar-refractivity contribution in [1.82, 2.24) is 15.3 Å². The Morgan fingerprint density at radius 2 is 1.93 bits per heavy atom. The van der Waals surface area contributed by atoms with Crippen molar-refractivity contribution in [2.24, 2.45) is 0 Å². The second-order valence-electron chi connectivity index (χ2n) is 5.99. The molecule has 0 aliphatic rings. The molecule has 3 rings (SSSR count). The van der Waals surface area contributed by atoms with Crippen molar-refractivity contribution in [3.8, 4) is 11.5 Å². The molecule has 0 saturated heterocycles. The Hall–Kier alpha value is -3.82. The van der Waals surface area contributed by atoms with E-state index < -0.39 is 36.0 Å². The normalized spacial score (nSPS) is 11.6. The van der Waals surface area contributed by atoms with Crippen LogP contribution in [-0.4, -0.2) is 29.8 Å². The summed E-state index contributed by atoms with van der Waals surface area (Å²) in [5.41, 5.74) is -0.815. The molecule has 0 bridgehead atoms. The molecule has 2 heterocycles. The maximum Gasteiger partial charge on any atom is 0.290 e. The third kappa shape index (κ3) is 4.43. The molecule has 1 amide bonds. The van der Waals surface area contributed by atoms with E-state index in [1.165, 1.54) is 37.6 Å². The summed E-state index contributed by atoms with van der Waals surface area (Å²) in [6.45, 7) is -1.23. The number of hydrogen-bond donors (Lipinski definition) is 2. The maximum absolute atomic E-state index is 14.4. The molecular formula is C20H16F3N3O4. The van der Waals surface area contributed by atoms with E-state index in [0.29, 0.717) is 0 Å². The van der Waals surface area contributed by atoms with Crippen LogP contribution in [0.4, 0.5) is 13.2 Å². The Kier molecular flexibility index (Phi) is 6.35. The zero-order valence-corrected chi connectivity index (χ0v) is 15.6. The Labute approximate surface area is 168 Å². The highest BCUT2D eigenvalue weighted by molar-refractivity contribution is 5.92. The van der Waals surface area contributed by atoms with Crippen molar-refractivity contribution in [2.45, 2.75) is 6.04 Å². The van der Waals surface area contributed by atoms with E-state index in [9.17, 15) is 22.8 Å². The molecule has 0 radical (unpaired) electrons. The van der Waals surface area contributed by atoms with Gasteiger partial charge in [0.2, 0.25) is 6.86 Å². The van der Waals surface area contributed by atoms with Crippen LogP contribution >= 0.6 is 0 Å². The summed E-state index contributed by atoms with van der Waals surface area (Å²) in [7, 11) is 1.30. The summed E-state index contributed by atoms with van der Waals surface area (Å²) in [5, 5.41) is 2.52. The number of methoxy groups -OCH3 is 1. The van der Waals surface area contributed by atoms with E-state index in [0.717, 1.165) is 18.2 Å². The number of hydrogen-bond acceptors (Lipinski definition) is 5. The lowest BCUT2D eigenvalue weighted by Crippen LogP contribution is -2.32. The fraction of sp³-hybridized carbons (Fsp3) is 0.150. The molecule has 3 aromatic rings. The molecule has 1 atom stereocenters. The highest BCUT2D eigenvalue weighted by Gasteiger charge is 2.24. The van der Waals surface area contributed by atoms with Crippen LogP contribution in [0.15, 0.2) is 53.5 Å². The zero-order valence-electron chi connectivity index (χ0n) is 15.6. The van der Waals surface area contributed by atoms with Gasteiger partial charge in [-0.25, -0.2) is 13.2 Å². The second-order valence-corrected chi connectivity index (χ2v) is 5.99. The molecule has 0 spiro atoms. The first-order valence-corrected chi connectivity index (χ1v) is 8.61. The van der Waals surface area contributed by atoms with Crippen molar-refractivity contribution in [2.75, 3.05) is 14.0 Å². The molecule has 0 aliphatic heterocycles. The largest absolute Gasteiger partial charge is 0.491 e. The van der Waals surface area contributed by atoms with Gasteiger partial charge in [-0.1, -0.05) is 6.07 Å². The number of aromatic amines is 1. The van der Waals surface area contributed by atoms with Gasteiger partial charge in [0.25, 0.3) is 11.5 Å². The molecule has 0 fully saturated rings. The van der Waals surface area contributed by atoms with Gasteiger partial charge in [0, 0.05) is 6.20 Å². The number of halogens is 3. The van der Waals surface area contributed by atoms with Gasteiger partial charge in [0.05, 0.1) is 13.2 Å². The Balaban J connectivity index is 1.99. The first-order chi connectivity index (χ1) is 14.4. The molecule has 0 unspecified atom stereocenters. The number of nitrogens with one attached hydrogen (secondary N) is 2. The van der Waals surface area contributed by atoms with E-state index in [1.807, 2.05) is 0 Å². The SMILES string of the molecule is COc1ccc(C(=O)N[C@@H](c2ccc(OCF)c(F)c2)c2ncccc2F)[nH]c1=O. The molecule has 10 heteroatoms. The van der Waals surface area contributed by atoms with Crippen LogP contribution in [0.1, 0.15) is 27.8 Å². The average Bonchev–Trinajstić information content (AvgIpc) is 2.74. The van der Waals surface area contributed by atoms with Crippen molar-refractivity contribution in [3.63, 3.8) is 0 Å². The van der Waals surface area contributed by atoms with Crippen molar-refractivity contribution < 1.29 is 27.4 Å². The lowest BCUT2D eigenvalue weighted by molar-refractivity contribution is 0.0936. The molecule has 0 saturated carbocycles. The average molecular weight is 419 g/mol. The van der Waals surface area contributed by atoms with Gasteiger partial charge in [-0.05, 0) is 42.0 Å². The quantitative estimate of drug-likeness (QED) is 0.614. The number of benzene rings is 1. The molecule has 7 nitrogen and oxygen atoms in total. The number of pyridine rings is 2. The van der Waals surface area contributed by atoms with Gasteiger partial charge < -0.3 is 19.8 Å². The lowest BCUT2D eigenvalue weighted by atomic mass is 10.0. The van der Waals surface area contributed by atoms with Gasteiger partial charge in [-0.3, -0.25) is 14.6 Å².